The molecule has 2 aromatic heterocycles. The van der Waals surface area contributed by atoms with Crippen molar-refractivity contribution in [2.24, 2.45) is 5.92 Å². The summed E-state index contributed by atoms with van der Waals surface area (Å²) in [4.78, 5) is 11.2. The molecular weight excluding hydrogens is 238 g/mol. The minimum Gasteiger partial charge on any atom is -0.302 e. The SMILES string of the molecule is CC(C)CN1CCCC(c2[nH]nc3nccnc23)C1. The monoisotopic (exact) mass is 259 g/mol. The van der Waals surface area contributed by atoms with Gasteiger partial charge in [0, 0.05) is 31.4 Å². The standard InChI is InChI=1S/C14H21N5/c1-10(2)8-19-7-3-4-11(9-19)12-13-14(18-17-12)16-6-5-15-13/h5-6,10-11H,3-4,7-9H2,1-2H3,(H,16,17,18). The minimum absolute atomic E-state index is 0.509. The van der Waals surface area contributed by atoms with E-state index >= 15 is 0 Å². The molecule has 1 fully saturated rings. The molecule has 1 saturated heterocycles. The van der Waals surface area contributed by atoms with E-state index in [0.717, 1.165) is 29.3 Å². The number of fused-ring (bicyclic) bond motifs is 1. The summed E-state index contributed by atoms with van der Waals surface area (Å²) in [5.74, 6) is 1.23. The number of aromatic amines is 1. The summed E-state index contributed by atoms with van der Waals surface area (Å²) in [6, 6.07) is 0. The summed E-state index contributed by atoms with van der Waals surface area (Å²) >= 11 is 0. The van der Waals surface area contributed by atoms with Crippen LogP contribution in [0.25, 0.3) is 11.2 Å². The Morgan fingerprint density at radius 1 is 1.37 bits per heavy atom. The Morgan fingerprint density at radius 2 is 2.21 bits per heavy atom. The first kappa shape index (κ1) is 12.5. The summed E-state index contributed by atoms with van der Waals surface area (Å²) in [5.41, 5.74) is 2.84. The summed E-state index contributed by atoms with van der Waals surface area (Å²) in [7, 11) is 0. The number of likely N-dealkylation sites (tertiary alicyclic amines) is 1. The van der Waals surface area contributed by atoms with Gasteiger partial charge in [-0.2, -0.15) is 5.10 Å². The Labute approximate surface area is 113 Å². The Bertz CT molecular complexity index is 548. The Balaban J connectivity index is 1.81. The van der Waals surface area contributed by atoms with Crippen molar-refractivity contribution in [3.05, 3.63) is 18.1 Å². The number of piperidine rings is 1. The molecule has 3 heterocycles. The largest absolute Gasteiger partial charge is 0.302 e. The predicted octanol–water partition coefficient (Wildman–Crippen LogP) is 2.19. The molecule has 1 unspecified atom stereocenters. The summed E-state index contributed by atoms with van der Waals surface area (Å²) in [5, 5.41) is 7.42. The highest BCUT2D eigenvalue weighted by atomic mass is 15.2. The molecule has 1 atom stereocenters. The number of hydrogen-bond acceptors (Lipinski definition) is 4. The first-order chi connectivity index (χ1) is 9.24. The third-order valence-corrected chi connectivity index (χ3v) is 3.75. The Hall–Kier alpha value is -1.49. The zero-order valence-corrected chi connectivity index (χ0v) is 11.6. The van der Waals surface area contributed by atoms with Crippen LogP contribution in [0.1, 0.15) is 38.3 Å². The van der Waals surface area contributed by atoms with E-state index in [9.17, 15) is 0 Å². The Kier molecular flexibility index (Phi) is 3.46. The van der Waals surface area contributed by atoms with Gasteiger partial charge >= 0.3 is 0 Å². The van der Waals surface area contributed by atoms with Crippen LogP contribution >= 0.6 is 0 Å². The van der Waals surface area contributed by atoms with Crippen molar-refractivity contribution in [3.63, 3.8) is 0 Å². The lowest BCUT2D eigenvalue weighted by atomic mass is 9.93. The maximum Gasteiger partial charge on any atom is 0.199 e. The van der Waals surface area contributed by atoms with Crippen LogP contribution in [0.3, 0.4) is 0 Å². The number of hydrogen-bond donors (Lipinski definition) is 1. The molecular formula is C14H21N5. The molecule has 0 saturated carbocycles. The lowest BCUT2D eigenvalue weighted by Crippen LogP contribution is -2.36. The van der Waals surface area contributed by atoms with E-state index < -0.39 is 0 Å². The van der Waals surface area contributed by atoms with E-state index in [4.69, 9.17) is 0 Å². The van der Waals surface area contributed by atoms with Gasteiger partial charge in [-0.05, 0) is 25.3 Å². The van der Waals surface area contributed by atoms with Crippen LogP contribution in [0.5, 0.6) is 0 Å². The second-order valence-corrected chi connectivity index (χ2v) is 5.86. The highest BCUT2D eigenvalue weighted by Crippen LogP contribution is 2.29. The van der Waals surface area contributed by atoms with Gasteiger partial charge in [0.1, 0.15) is 5.52 Å². The summed E-state index contributed by atoms with van der Waals surface area (Å²) in [6.45, 7) is 8.05. The predicted molar refractivity (Wildman–Crippen MR) is 74.9 cm³/mol. The normalized spacial score (nSPS) is 21.3. The molecule has 5 nitrogen and oxygen atoms in total. The highest BCUT2D eigenvalue weighted by Gasteiger charge is 2.25. The van der Waals surface area contributed by atoms with E-state index in [-0.39, 0.29) is 0 Å². The molecule has 0 aromatic carbocycles. The van der Waals surface area contributed by atoms with Crippen LogP contribution in [0, 0.1) is 5.92 Å². The third kappa shape index (κ3) is 2.61. The van der Waals surface area contributed by atoms with Crippen molar-refractivity contribution < 1.29 is 0 Å². The van der Waals surface area contributed by atoms with Crippen LogP contribution in [0.4, 0.5) is 0 Å². The smallest absolute Gasteiger partial charge is 0.199 e. The van der Waals surface area contributed by atoms with Gasteiger partial charge in [-0.3, -0.25) is 5.10 Å². The molecule has 0 amide bonds. The van der Waals surface area contributed by atoms with E-state index in [0.29, 0.717) is 5.92 Å². The average molecular weight is 259 g/mol. The van der Waals surface area contributed by atoms with Crippen molar-refractivity contribution >= 4 is 11.2 Å². The molecule has 0 spiro atoms. The average Bonchev–Trinajstić information content (AvgIpc) is 2.82. The molecule has 19 heavy (non-hydrogen) atoms. The van der Waals surface area contributed by atoms with Crippen LogP contribution in [-0.4, -0.2) is 44.7 Å². The topological polar surface area (TPSA) is 57.7 Å². The van der Waals surface area contributed by atoms with Gasteiger partial charge in [0.05, 0.1) is 5.69 Å². The Morgan fingerprint density at radius 3 is 3.05 bits per heavy atom. The molecule has 0 radical (unpaired) electrons. The van der Waals surface area contributed by atoms with E-state index in [1.807, 2.05) is 0 Å². The van der Waals surface area contributed by atoms with Crippen molar-refractivity contribution in [3.8, 4) is 0 Å². The molecule has 1 N–H and O–H groups in total. The van der Waals surface area contributed by atoms with Crippen LogP contribution < -0.4 is 0 Å². The fourth-order valence-corrected chi connectivity index (χ4v) is 3.03. The van der Waals surface area contributed by atoms with Gasteiger partial charge in [0.15, 0.2) is 5.65 Å². The molecule has 0 bridgehead atoms. The number of nitrogens with zero attached hydrogens (tertiary/aromatic N) is 4. The van der Waals surface area contributed by atoms with E-state index in [1.165, 1.54) is 25.9 Å². The number of aromatic nitrogens is 4. The molecule has 0 aliphatic carbocycles. The fourth-order valence-electron chi connectivity index (χ4n) is 3.03. The first-order valence-corrected chi connectivity index (χ1v) is 7.11. The molecule has 1 aliphatic rings. The van der Waals surface area contributed by atoms with Gasteiger partial charge in [-0.1, -0.05) is 13.8 Å². The highest BCUT2D eigenvalue weighted by molar-refractivity contribution is 5.72. The van der Waals surface area contributed by atoms with Crippen LogP contribution in [0.2, 0.25) is 0 Å². The van der Waals surface area contributed by atoms with Crippen molar-refractivity contribution in [1.29, 1.82) is 0 Å². The quantitative estimate of drug-likeness (QED) is 0.918. The molecule has 5 heteroatoms. The molecule has 102 valence electrons. The minimum atomic E-state index is 0.509. The van der Waals surface area contributed by atoms with E-state index in [2.05, 4.69) is 38.9 Å². The zero-order valence-electron chi connectivity index (χ0n) is 11.6. The lowest BCUT2D eigenvalue weighted by Gasteiger charge is -2.33. The second kappa shape index (κ2) is 5.25. The van der Waals surface area contributed by atoms with E-state index in [1.54, 1.807) is 12.4 Å². The number of H-pyrrole nitrogens is 1. The molecule has 2 aromatic rings. The van der Waals surface area contributed by atoms with Crippen molar-refractivity contribution in [2.75, 3.05) is 19.6 Å². The maximum absolute atomic E-state index is 4.43. The fraction of sp³-hybridized carbons (Fsp3) is 0.643. The summed E-state index contributed by atoms with van der Waals surface area (Å²) in [6.07, 6.45) is 5.90. The first-order valence-electron chi connectivity index (χ1n) is 7.11. The number of rotatable bonds is 3. The molecule has 3 rings (SSSR count). The number of nitrogens with one attached hydrogen (secondary N) is 1. The molecule has 1 aliphatic heterocycles. The maximum atomic E-state index is 4.43. The second-order valence-electron chi connectivity index (χ2n) is 5.86. The van der Waals surface area contributed by atoms with Crippen molar-refractivity contribution in [2.45, 2.75) is 32.6 Å². The van der Waals surface area contributed by atoms with Crippen LogP contribution in [-0.2, 0) is 0 Å². The lowest BCUT2D eigenvalue weighted by molar-refractivity contribution is 0.187. The van der Waals surface area contributed by atoms with Gasteiger partial charge < -0.3 is 4.90 Å². The third-order valence-electron chi connectivity index (χ3n) is 3.75. The van der Waals surface area contributed by atoms with Gasteiger partial charge in [-0.25, -0.2) is 9.97 Å². The zero-order chi connectivity index (χ0) is 13.2. The van der Waals surface area contributed by atoms with Gasteiger partial charge in [0.25, 0.3) is 0 Å². The van der Waals surface area contributed by atoms with Crippen LogP contribution in [0.15, 0.2) is 12.4 Å². The summed E-state index contributed by atoms with van der Waals surface area (Å²) < 4.78 is 0. The van der Waals surface area contributed by atoms with Gasteiger partial charge in [-0.15, -0.1) is 0 Å². The van der Waals surface area contributed by atoms with Crippen molar-refractivity contribution in [1.82, 2.24) is 25.1 Å². The van der Waals surface area contributed by atoms with Gasteiger partial charge in [0.2, 0.25) is 0 Å².